The zero-order valence-electron chi connectivity index (χ0n) is 30.8. The van der Waals surface area contributed by atoms with Crippen LogP contribution in [0.4, 0.5) is 28.4 Å². The number of hydrogen-bond donors (Lipinski definition) is 0. The first-order valence-electron chi connectivity index (χ1n) is 19.5. The van der Waals surface area contributed by atoms with Gasteiger partial charge in [-0.2, -0.15) is 0 Å². The van der Waals surface area contributed by atoms with E-state index in [4.69, 9.17) is 0 Å². The van der Waals surface area contributed by atoms with Crippen molar-refractivity contribution in [1.29, 1.82) is 0 Å². The molecule has 56 heavy (non-hydrogen) atoms. The first-order chi connectivity index (χ1) is 27.8. The van der Waals surface area contributed by atoms with Crippen LogP contribution in [-0.2, 0) is 0 Å². The Morgan fingerprint density at radius 1 is 0.429 bits per heavy atom. The average molecular weight is 715 g/mol. The van der Waals surface area contributed by atoms with E-state index in [2.05, 4.69) is 228 Å². The van der Waals surface area contributed by atoms with Crippen molar-refractivity contribution in [1.82, 2.24) is 0 Å². The largest absolute Gasteiger partial charge is 0.333 e. The highest BCUT2D eigenvalue weighted by Gasteiger charge is 2.41. The molecule has 2 atom stereocenters. The van der Waals surface area contributed by atoms with Crippen LogP contribution in [0.5, 0.6) is 0 Å². The summed E-state index contributed by atoms with van der Waals surface area (Å²) in [6.45, 7) is 0. The van der Waals surface area contributed by atoms with E-state index in [9.17, 15) is 0 Å². The van der Waals surface area contributed by atoms with Crippen molar-refractivity contribution < 1.29 is 0 Å². The first-order valence-corrected chi connectivity index (χ1v) is 19.5. The van der Waals surface area contributed by atoms with E-state index < -0.39 is 0 Å². The molecule has 0 saturated heterocycles. The third kappa shape index (κ3) is 5.33. The van der Waals surface area contributed by atoms with Crippen molar-refractivity contribution in [3.05, 3.63) is 229 Å². The fraction of sp³-hybridized carbons (Fsp3) is 0.0370. The standard InChI is InChI=1S/C54H38N2/c1-2-12-39(13-3-1)47-17-8-10-20-52(47)55(45-34-28-42-23-22-40-14-4-6-16-46(40)51(42)36-45)43-30-24-37(25-31-43)38-26-32-44(33-27-38)56-53-21-11-9-19-49(53)50-35-29-41-15-5-7-18-48(41)54(50)56/h1-36,50,54H. The predicted molar refractivity (Wildman–Crippen MR) is 237 cm³/mol. The van der Waals surface area contributed by atoms with E-state index in [1.165, 1.54) is 71.9 Å². The smallest absolute Gasteiger partial charge is 0.0701 e. The monoisotopic (exact) mass is 714 g/mol. The van der Waals surface area contributed by atoms with Gasteiger partial charge in [0.2, 0.25) is 0 Å². The Balaban J connectivity index is 0.983. The van der Waals surface area contributed by atoms with Gasteiger partial charge in [-0.3, -0.25) is 0 Å². The molecule has 0 aromatic heterocycles. The van der Waals surface area contributed by atoms with Crippen LogP contribution in [0.2, 0.25) is 0 Å². The number of anilines is 5. The Labute approximate surface area is 327 Å². The van der Waals surface area contributed by atoms with Crippen molar-refractivity contribution in [2.45, 2.75) is 12.0 Å². The summed E-state index contributed by atoms with van der Waals surface area (Å²) in [5.74, 6) is 0.324. The molecule has 0 N–H and O–H groups in total. The zero-order chi connectivity index (χ0) is 37.0. The summed E-state index contributed by atoms with van der Waals surface area (Å²) in [5, 5.41) is 5.00. The molecule has 11 rings (SSSR count). The normalized spacial score (nSPS) is 15.4. The molecule has 0 fully saturated rings. The lowest BCUT2D eigenvalue weighted by atomic mass is 9.83. The van der Waals surface area contributed by atoms with Gasteiger partial charge in [-0.1, -0.05) is 170 Å². The minimum atomic E-state index is 0.233. The fourth-order valence-electron chi connectivity index (χ4n) is 9.15. The quantitative estimate of drug-likeness (QED) is 0.158. The van der Waals surface area contributed by atoms with Gasteiger partial charge in [0, 0.05) is 34.2 Å². The molecule has 2 aliphatic rings. The van der Waals surface area contributed by atoms with E-state index >= 15 is 0 Å². The Hall–Kier alpha value is -7.16. The lowest BCUT2D eigenvalue weighted by molar-refractivity contribution is 0.667. The maximum Gasteiger partial charge on any atom is 0.0701 e. The van der Waals surface area contributed by atoms with Gasteiger partial charge in [-0.25, -0.2) is 0 Å². The molecule has 0 saturated carbocycles. The highest BCUT2D eigenvalue weighted by atomic mass is 15.2. The molecule has 2 heteroatoms. The third-order valence-corrected chi connectivity index (χ3v) is 11.8. The molecule has 1 aliphatic heterocycles. The van der Waals surface area contributed by atoms with Crippen molar-refractivity contribution in [3.8, 4) is 22.3 Å². The lowest BCUT2D eigenvalue weighted by Gasteiger charge is -2.33. The molecule has 2 nitrogen and oxygen atoms in total. The first kappa shape index (κ1) is 32.3. The highest BCUT2D eigenvalue weighted by molar-refractivity contribution is 6.09. The molecular formula is C54H38N2. The van der Waals surface area contributed by atoms with Crippen LogP contribution >= 0.6 is 0 Å². The van der Waals surface area contributed by atoms with Crippen LogP contribution in [-0.4, -0.2) is 0 Å². The van der Waals surface area contributed by atoms with Crippen LogP contribution in [0.25, 0.3) is 49.9 Å². The Bertz CT molecular complexity index is 2930. The molecule has 1 aliphatic carbocycles. The molecule has 2 unspecified atom stereocenters. The van der Waals surface area contributed by atoms with Gasteiger partial charge >= 0.3 is 0 Å². The Kier molecular flexibility index (Phi) is 7.67. The van der Waals surface area contributed by atoms with Gasteiger partial charge in [-0.05, 0) is 103 Å². The van der Waals surface area contributed by atoms with Crippen molar-refractivity contribution in [3.63, 3.8) is 0 Å². The summed E-state index contributed by atoms with van der Waals surface area (Å²) in [4.78, 5) is 4.96. The average Bonchev–Trinajstić information content (AvgIpc) is 3.62. The zero-order valence-corrected chi connectivity index (χ0v) is 30.8. The topological polar surface area (TPSA) is 6.48 Å². The number of benzene rings is 9. The minimum Gasteiger partial charge on any atom is -0.333 e. The summed E-state index contributed by atoms with van der Waals surface area (Å²) in [6, 6.07) is 75.7. The second-order valence-corrected chi connectivity index (χ2v) is 14.9. The van der Waals surface area contributed by atoms with Crippen molar-refractivity contribution in [2.24, 2.45) is 0 Å². The number of hydrogen-bond acceptors (Lipinski definition) is 2. The number of fused-ring (bicyclic) bond motifs is 8. The Morgan fingerprint density at radius 2 is 1.05 bits per heavy atom. The number of rotatable bonds is 6. The molecule has 0 spiro atoms. The van der Waals surface area contributed by atoms with Gasteiger partial charge in [0.05, 0.1) is 11.7 Å². The molecule has 9 aromatic carbocycles. The summed E-state index contributed by atoms with van der Waals surface area (Å²) in [7, 11) is 0. The molecular weight excluding hydrogens is 677 g/mol. The maximum atomic E-state index is 2.55. The van der Waals surface area contributed by atoms with Gasteiger partial charge in [0.1, 0.15) is 0 Å². The lowest BCUT2D eigenvalue weighted by Crippen LogP contribution is -2.23. The minimum absolute atomic E-state index is 0.233. The van der Waals surface area contributed by atoms with Crippen LogP contribution in [0.3, 0.4) is 0 Å². The van der Waals surface area contributed by atoms with Crippen molar-refractivity contribution >= 4 is 56.1 Å². The number of para-hydroxylation sites is 2. The molecule has 0 radical (unpaired) electrons. The summed E-state index contributed by atoms with van der Waals surface area (Å²) < 4.78 is 0. The fourth-order valence-corrected chi connectivity index (χ4v) is 9.15. The van der Waals surface area contributed by atoms with Crippen LogP contribution in [0.15, 0.2) is 212 Å². The second kappa shape index (κ2) is 13.3. The predicted octanol–water partition coefficient (Wildman–Crippen LogP) is 14.8. The second-order valence-electron chi connectivity index (χ2n) is 14.9. The summed E-state index contributed by atoms with van der Waals surface area (Å²) >= 11 is 0. The van der Waals surface area contributed by atoms with E-state index in [0.717, 1.165) is 17.1 Å². The van der Waals surface area contributed by atoms with Gasteiger partial charge in [0.25, 0.3) is 0 Å². The van der Waals surface area contributed by atoms with Crippen LogP contribution in [0.1, 0.15) is 28.7 Å². The number of nitrogens with zero attached hydrogens (tertiary/aromatic N) is 2. The molecule has 0 bridgehead atoms. The highest BCUT2D eigenvalue weighted by Crippen LogP contribution is 2.55. The van der Waals surface area contributed by atoms with E-state index in [-0.39, 0.29) is 6.04 Å². The van der Waals surface area contributed by atoms with Gasteiger partial charge in [0.15, 0.2) is 0 Å². The molecule has 1 heterocycles. The SMILES string of the molecule is C1=CC2c3ccccc3N(c3ccc(-c4ccc(N(c5ccc6ccc7ccccc7c6c5)c5ccccc5-c5ccccc5)cc4)cc3)C2c2ccccc21. The third-order valence-electron chi connectivity index (χ3n) is 11.8. The summed E-state index contributed by atoms with van der Waals surface area (Å²) in [5.41, 5.74) is 14.7. The van der Waals surface area contributed by atoms with Gasteiger partial charge < -0.3 is 9.80 Å². The van der Waals surface area contributed by atoms with E-state index in [0.29, 0.717) is 5.92 Å². The van der Waals surface area contributed by atoms with E-state index in [1.54, 1.807) is 0 Å². The maximum absolute atomic E-state index is 2.55. The Morgan fingerprint density at radius 3 is 1.89 bits per heavy atom. The van der Waals surface area contributed by atoms with Crippen molar-refractivity contribution in [2.75, 3.05) is 9.80 Å². The van der Waals surface area contributed by atoms with Crippen LogP contribution in [0, 0.1) is 0 Å². The van der Waals surface area contributed by atoms with Crippen LogP contribution < -0.4 is 9.80 Å². The molecule has 9 aromatic rings. The summed E-state index contributed by atoms with van der Waals surface area (Å²) in [6.07, 6.45) is 4.69. The molecule has 0 amide bonds. The van der Waals surface area contributed by atoms with Gasteiger partial charge in [-0.15, -0.1) is 0 Å². The van der Waals surface area contributed by atoms with E-state index in [1.807, 2.05) is 0 Å². The molecule has 264 valence electrons.